The van der Waals surface area contributed by atoms with E-state index in [1.807, 2.05) is 13.0 Å². The normalized spacial score (nSPS) is 18.0. The first-order valence-corrected chi connectivity index (χ1v) is 8.73. The number of rotatable bonds is 5. The number of morpholine rings is 1. The Labute approximate surface area is 153 Å². The molecule has 2 aromatic carbocycles. The number of amides is 1. The number of nitrogens with zero attached hydrogens (tertiary/aromatic N) is 1. The Kier molecular flexibility index (Phi) is 5.56. The lowest BCUT2D eigenvalue weighted by molar-refractivity contribution is -0.00793. The van der Waals surface area contributed by atoms with Crippen LogP contribution in [-0.4, -0.2) is 48.3 Å². The molecule has 0 spiro atoms. The molecule has 0 radical (unpaired) electrons. The molecule has 1 aliphatic rings. The van der Waals surface area contributed by atoms with Gasteiger partial charge in [0, 0.05) is 31.2 Å². The Hall–Kier alpha value is -2.41. The highest BCUT2D eigenvalue weighted by Crippen LogP contribution is 2.29. The average Bonchev–Trinajstić information content (AvgIpc) is 2.61. The fourth-order valence-corrected chi connectivity index (χ4v) is 3.41. The number of aromatic hydroxyl groups is 1. The topological polar surface area (TPSA) is 102 Å². The number of phenols is 1. The maximum atomic E-state index is 11.3. The molecule has 0 aromatic heterocycles. The van der Waals surface area contributed by atoms with Crippen molar-refractivity contribution < 1.29 is 14.6 Å². The van der Waals surface area contributed by atoms with Gasteiger partial charge in [0.05, 0.1) is 13.2 Å². The van der Waals surface area contributed by atoms with E-state index in [0.717, 1.165) is 28.8 Å². The van der Waals surface area contributed by atoms with Gasteiger partial charge in [0.1, 0.15) is 5.75 Å². The summed E-state index contributed by atoms with van der Waals surface area (Å²) < 4.78 is 5.50. The van der Waals surface area contributed by atoms with Crippen LogP contribution in [-0.2, 0) is 11.3 Å². The number of benzene rings is 2. The van der Waals surface area contributed by atoms with Gasteiger partial charge in [0.15, 0.2) is 0 Å². The second-order valence-corrected chi connectivity index (χ2v) is 6.72. The van der Waals surface area contributed by atoms with Crippen LogP contribution < -0.4 is 11.5 Å². The molecule has 0 bridgehead atoms. The molecule has 2 aromatic rings. The number of primary amides is 1. The zero-order chi connectivity index (χ0) is 18.7. The fourth-order valence-electron chi connectivity index (χ4n) is 3.41. The van der Waals surface area contributed by atoms with Crippen molar-refractivity contribution >= 4 is 5.91 Å². The largest absolute Gasteiger partial charge is 0.508 e. The van der Waals surface area contributed by atoms with Gasteiger partial charge in [0.25, 0.3) is 0 Å². The third-order valence-electron chi connectivity index (χ3n) is 4.81. The van der Waals surface area contributed by atoms with Gasteiger partial charge >= 0.3 is 0 Å². The standard InChI is InChI=1S/C20H25N3O3/c1-13-6-15(20(22)25)2-3-19(13)16-7-14(8-18(24)9-16)11-23-4-5-26-12-17(23)10-21/h2-3,6-9,17,24H,4-5,10-12,21H2,1H3,(H2,22,25). The molecule has 138 valence electrons. The molecule has 1 unspecified atom stereocenters. The van der Waals surface area contributed by atoms with E-state index in [4.69, 9.17) is 16.2 Å². The minimum atomic E-state index is -0.448. The van der Waals surface area contributed by atoms with Crippen LogP contribution >= 0.6 is 0 Å². The molecule has 0 aliphatic carbocycles. The van der Waals surface area contributed by atoms with Crippen LogP contribution in [0.5, 0.6) is 5.75 Å². The Morgan fingerprint density at radius 2 is 2.12 bits per heavy atom. The first-order chi connectivity index (χ1) is 12.5. The maximum absolute atomic E-state index is 11.3. The van der Waals surface area contributed by atoms with Crippen molar-refractivity contribution in [1.82, 2.24) is 4.90 Å². The van der Waals surface area contributed by atoms with Crippen LogP contribution in [0.4, 0.5) is 0 Å². The predicted molar refractivity (Wildman–Crippen MR) is 101 cm³/mol. The quantitative estimate of drug-likeness (QED) is 0.756. The third kappa shape index (κ3) is 4.04. The van der Waals surface area contributed by atoms with Crippen LogP contribution in [0.15, 0.2) is 36.4 Å². The smallest absolute Gasteiger partial charge is 0.248 e. The van der Waals surface area contributed by atoms with Crippen molar-refractivity contribution in [1.29, 1.82) is 0 Å². The summed E-state index contributed by atoms with van der Waals surface area (Å²) in [5, 5.41) is 10.2. The van der Waals surface area contributed by atoms with E-state index in [0.29, 0.717) is 31.9 Å². The fraction of sp³-hybridized carbons (Fsp3) is 0.350. The van der Waals surface area contributed by atoms with Gasteiger partial charge in [-0.3, -0.25) is 9.69 Å². The molecule has 1 atom stereocenters. The van der Waals surface area contributed by atoms with E-state index >= 15 is 0 Å². The Balaban J connectivity index is 1.89. The monoisotopic (exact) mass is 355 g/mol. The van der Waals surface area contributed by atoms with Gasteiger partial charge in [0.2, 0.25) is 5.91 Å². The number of hydrogen-bond acceptors (Lipinski definition) is 5. The molecular weight excluding hydrogens is 330 g/mol. The molecule has 1 heterocycles. The zero-order valence-corrected chi connectivity index (χ0v) is 14.9. The van der Waals surface area contributed by atoms with Gasteiger partial charge in [-0.25, -0.2) is 0 Å². The summed E-state index contributed by atoms with van der Waals surface area (Å²) in [6, 6.07) is 11.1. The van der Waals surface area contributed by atoms with Gasteiger partial charge in [-0.05, 0) is 59.5 Å². The summed E-state index contributed by atoms with van der Waals surface area (Å²) in [6.07, 6.45) is 0. The molecule has 6 heteroatoms. The minimum absolute atomic E-state index is 0.186. The van der Waals surface area contributed by atoms with Crippen LogP contribution in [0.1, 0.15) is 21.5 Å². The van der Waals surface area contributed by atoms with Crippen molar-refractivity contribution in [3.63, 3.8) is 0 Å². The number of carbonyl (C=O) groups excluding carboxylic acids is 1. The summed E-state index contributed by atoms with van der Waals surface area (Å²) in [5.41, 5.74) is 15.5. The number of carbonyl (C=O) groups is 1. The lowest BCUT2D eigenvalue weighted by atomic mass is 9.96. The number of phenolic OH excluding ortho intramolecular Hbond substituents is 1. The summed E-state index contributed by atoms with van der Waals surface area (Å²) in [7, 11) is 0. The first kappa shape index (κ1) is 18.4. The number of aryl methyl sites for hydroxylation is 1. The van der Waals surface area contributed by atoms with Crippen LogP contribution in [0.25, 0.3) is 11.1 Å². The van der Waals surface area contributed by atoms with Gasteiger partial charge in [-0.15, -0.1) is 0 Å². The zero-order valence-electron chi connectivity index (χ0n) is 14.9. The molecule has 1 saturated heterocycles. The molecule has 1 fully saturated rings. The van der Waals surface area contributed by atoms with E-state index in [-0.39, 0.29) is 11.8 Å². The average molecular weight is 355 g/mol. The first-order valence-electron chi connectivity index (χ1n) is 8.73. The molecule has 26 heavy (non-hydrogen) atoms. The Bertz CT molecular complexity index is 807. The van der Waals surface area contributed by atoms with Crippen molar-refractivity contribution in [2.75, 3.05) is 26.3 Å². The summed E-state index contributed by atoms with van der Waals surface area (Å²) in [5.74, 6) is -0.232. The van der Waals surface area contributed by atoms with E-state index in [1.165, 1.54) is 0 Å². The molecule has 5 N–H and O–H groups in total. The van der Waals surface area contributed by atoms with Crippen molar-refractivity contribution in [3.05, 3.63) is 53.1 Å². The molecule has 3 rings (SSSR count). The summed E-state index contributed by atoms with van der Waals surface area (Å²) in [4.78, 5) is 13.6. The number of hydrogen-bond donors (Lipinski definition) is 3. The highest BCUT2D eigenvalue weighted by Gasteiger charge is 2.22. The lowest BCUT2D eigenvalue weighted by Crippen LogP contribution is -2.48. The van der Waals surface area contributed by atoms with Crippen molar-refractivity contribution in [2.24, 2.45) is 11.5 Å². The van der Waals surface area contributed by atoms with E-state index in [2.05, 4.69) is 11.0 Å². The Morgan fingerprint density at radius 3 is 2.81 bits per heavy atom. The molecular formula is C20H25N3O3. The molecule has 1 aliphatic heterocycles. The second-order valence-electron chi connectivity index (χ2n) is 6.72. The predicted octanol–water partition coefficient (Wildman–Crippen LogP) is 1.63. The SMILES string of the molecule is Cc1cc(C(N)=O)ccc1-c1cc(O)cc(CN2CCOCC2CN)c1. The highest BCUT2D eigenvalue weighted by atomic mass is 16.5. The number of ether oxygens (including phenoxy) is 1. The van der Waals surface area contributed by atoms with E-state index in [1.54, 1.807) is 24.3 Å². The van der Waals surface area contributed by atoms with Crippen molar-refractivity contribution in [3.8, 4) is 16.9 Å². The second kappa shape index (κ2) is 7.86. The molecule has 0 saturated carbocycles. The minimum Gasteiger partial charge on any atom is -0.508 e. The van der Waals surface area contributed by atoms with Crippen LogP contribution in [0.2, 0.25) is 0 Å². The van der Waals surface area contributed by atoms with Gasteiger partial charge < -0.3 is 21.3 Å². The van der Waals surface area contributed by atoms with Gasteiger partial charge in [-0.1, -0.05) is 6.07 Å². The number of nitrogens with two attached hydrogens (primary N) is 2. The lowest BCUT2D eigenvalue weighted by Gasteiger charge is -2.34. The van der Waals surface area contributed by atoms with Crippen molar-refractivity contribution in [2.45, 2.75) is 19.5 Å². The molecule has 6 nitrogen and oxygen atoms in total. The molecule has 1 amide bonds. The summed E-state index contributed by atoms with van der Waals surface area (Å²) >= 11 is 0. The summed E-state index contributed by atoms with van der Waals surface area (Å²) in [6.45, 7) is 5.31. The van der Waals surface area contributed by atoms with Crippen LogP contribution in [0, 0.1) is 6.92 Å². The highest BCUT2D eigenvalue weighted by molar-refractivity contribution is 5.93. The van der Waals surface area contributed by atoms with E-state index in [9.17, 15) is 9.90 Å². The third-order valence-corrected chi connectivity index (χ3v) is 4.81. The van der Waals surface area contributed by atoms with Gasteiger partial charge in [-0.2, -0.15) is 0 Å². The van der Waals surface area contributed by atoms with E-state index < -0.39 is 5.91 Å². The maximum Gasteiger partial charge on any atom is 0.248 e. The van der Waals surface area contributed by atoms with Crippen LogP contribution in [0.3, 0.4) is 0 Å². The Morgan fingerprint density at radius 1 is 1.31 bits per heavy atom.